The Morgan fingerprint density at radius 1 is 1.25 bits per heavy atom. The Hall–Kier alpha value is -0.340. The topological polar surface area (TPSA) is 9.23 Å². The van der Waals surface area contributed by atoms with Crippen LogP contribution in [0.2, 0.25) is 5.02 Å². The van der Waals surface area contributed by atoms with E-state index in [4.69, 9.17) is 16.3 Å². The molecule has 0 spiro atoms. The molecule has 1 rings (SSSR count). The number of hydrogen-bond donors (Lipinski definition) is 1. The molecule has 0 saturated heterocycles. The predicted octanol–water partition coefficient (Wildman–Crippen LogP) is 3.04. The number of hydrogen-bond acceptors (Lipinski definition) is 2. The second-order valence-electron chi connectivity index (χ2n) is 2.38. The summed E-state index contributed by atoms with van der Waals surface area (Å²) in [6.45, 7) is 0.713. The van der Waals surface area contributed by atoms with Gasteiger partial charge in [-0.2, -0.15) is 12.6 Å². The Balaban J connectivity index is 2.37. The van der Waals surface area contributed by atoms with Crippen molar-refractivity contribution >= 4 is 24.2 Å². The van der Waals surface area contributed by atoms with Crippen LogP contribution in [-0.2, 0) is 0 Å². The van der Waals surface area contributed by atoms with E-state index in [-0.39, 0.29) is 0 Å². The highest BCUT2D eigenvalue weighted by molar-refractivity contribution is 7.80. The molecule has 0 unspecified atom stereocenters. The van der Waals surface area contributed by atoms with Crippen molar-refractivity contribution in [2.24, 2.45) is 0 Å². The minimum Gasteiger partial charge on any atom is -0.494 e. The van der Waals surface area contributed by atoms with Gasteiger partial charge in [-0.1, -0.05) is 11.6 Å². The Labute approximate surface area is 83.1 Å². The van der Waals surface area contributed by atoms with Gasteiger partial charge in [0.25, 0.3) is 0 Å². The van der Waals surface area contributed by atoms with E-state index in [2.05, 4.69) is 12.6 Å². The second-order valence-corrected chi connectivity index (χ2v) is 3.26. The predicted molar refractivity (Wildman–Crippen MR) is 55.4 cm³/mol. The van der Waals surface area contributed by atoms with Crippen molar-refractivity contribution in [2.75, 3.05) is 12.4 Å². The Morgan fingerprint density at radius 2 is 1.92 bits per heavy atom. The third-order valence-electron chi connectivity index (χ3n) is 1.38. The average molecular weight is 203 g/mol. The van der Waals surface area contributed by atoms with Crippen molar-refractivity contribution in [2.45, 2.75) is 6.42 Å². The van der Waals surface area contributed by atoms with Crippen LogP contribution >= 0.6 is 24.2 Å². The minimum absolute atomic E-state index is 0.713. The molecule has 0 atom stereocenters. The summed E-state index contributed by atoms with van der Waals surface area (Å²) < 4.78 is 5.39. The van der Waals surface area contributed by atoms with E-state index >= 15 is 0 Å². The molecule has 0 saturated carbocycles. The van der Waals surface area contributed by atoms with Crippen LogP contribution in [0.1, 0.15) is 6.42 Å². The lowest BCUT2D eigenvalue weighted by molar-refractivity contribution is 0.319. The number of ether oxygens (including phenoxy) is 1. The molecule has 0 bridgehead atoms. The van der Waals surface area contributed by atoms with E-state index < -0.39 is 0 Å². The van der Waals surface area contributed by atoms with Crippen molar-refractivity contribution in [1.29, 1.82) is 0 Å². The molecule has 0 amide bonds. The van der Waals surface area contributed by atoms with Gasteiger partial charge in [0, 0.05) is 5.02 Å². The number of thiol groups is 1. The zero-order valence-corrected chi connectivity index (χ0v) is 8.31. The molecule has 3 heteroatoms. The molecule has 0 aliphatic heterocycles. The van der Waals surface area contributed by atoms with Crippen LogP contribution < -0.4 is 4.74 Å². The Kier molecular flexibility index (Phi) is 4.33. The first-order chi connectivity index (χ1) is 5.83. The smallest absolute Gasteiger partial charge is 0.119 e. The first-order valence-corrected chi connectivity index (χ1v) is 4.83. The van der Waals surface area contributed by atoms with Gasteiger partial charge in [-0.3, -0.25) is 0 Å². The summed E-state index contributed by atoms with van der Waals surface area (Å²) in [5.74, 6) is 1.72. The van der Waals surface area contributed by atoms with Gasteiger partial charge in [-0.15, -0.1) is 0 Å². The third-order valence-corrected chi connectivity index (χ3v) is 1.95. The monoisotopic (exact) mass is 202 g/mol. The minimum atomic E-state index is 0.713. The highest BCUT2D eigenvalue weighted by Gasteiger charge is 1.92. The maximum absolute atomic E-state index is 5.71. The van der Waals surface area contributed by atoms with Crippen LogP contribution in [-0.4, -0.2) is 12.4 Å². The van der Waals surface area contributed by atoms with Crippen molar-refractivity contribution in [3.63, 3.8) is 0 Å². The number of rotatable bonds is 4. The second kappa shape index (κ2) is 5.33. The van der Waals surface area contributed by atoms with Crippen LogP contribution in [0.25, 0.3) is 0 Å². The van der Waals surface area contributed by atoms with Gasteiger partial charge in [0.05, 0.1) is 6.61 Å². The normalized spacial score (nSPS) is 9.83. The standard InChI is InChI=1S/C9H11ClOS/c10-8-2-4-9(5-3-8)11-6-1-7-12/h2-5,12H,1,6-7H2. The van der Waals surface area contributed by atoms with Gasteiger partial charge in [-0.05, 0) is 36.4 Å². The first-order valence-electron chi connectivity index (χ1n) is 3.82. The van der Waals surface area contributed by atoms with Gasteiger partial charge in [0.2, 0.25) is 0 Å². The number of halogens is 1. The summed E-state index contributed by atoms with van der Waals surface area (Å²) in [4.78, 5) is 0. The number of benzene rings is 1. The zero-order chi connectivity index (χ0) is 8.81. The van der Waals surface area contributed by atoms with E-state index in [0.717, 1.165) is 22.9 Å². The summed E-state index contributed by atoms with van der Waals surface area (Å²) in [6, 6.07) is 7.36. The first kappa shape index (κ1) is 9.75. The van der Waals surface area contributed by atoms with Crippen LogP contribution in [0.15, 0.2) is 24.3 Å². The lowest BCUT2D eigenvalue weighted by Gasteiger charge is -2.03. The third kappa shape index (κ3) is 3.37. The molecule has 0 radical (unpaired) electrons. The SMILES string of the molecule is SCCCOc1ccc(Cl)cc1. The maximum atomic E-state index is 5.71. The lowest BCUT2D eigenvalue weighted by atomic mass is 10.3. The molecule has 1 aromatic rings. The molecule has 66 valence electrons. The van der Waals surface area contributed by atoms with Crippen LogP contribution in [0.4, 0.5) is 0 Å². The van der Waals surface area contributed by atoms with Crippen molar-refractivity contribution in [3.05, 3.63) is 29.3 Å². The van der Waals surface area contributed by atoms with Gasteiger partial charge in [0.15, 0.2) is 0 Å². The molecule has 0 aliphatic rings. The molecule has 0 fully saturated rings. The zero-order valence-electron chi connectivity index (χ0n) is 6.66. The fraction of sp³-hybridized carbons (Fsp3) is 0.333. The molecule has 12 heavy (non-hydrogen) atoms. The largest absolute Gasteiger partial charge is 0.494 e. The molecule has 1 nitrogen and oxygen atoms in total. The summed E-state index contributed by atoms with van der Waals surface area (Å²) in [6.07, 6.45) is 0.964. The van der Waals surface area contributed by atoms with E-state index in [1.807, 2.05) is 24.3 Å². The average Bonchev–Trinajstić information content (AvgIpc) is 2.09. The van der Waals surface area contributed by atoms with Gasteiger partial charge >= 0.3 is 0 Å². The summed E-state index contributed by atoms with van der Waals surface area (Å²) in [5.41, 5.74) is 0. The van der Waals surface area contributed by atoms with E-state index in [9.17, 15) is 0 Å². The maximum Gasteiger partial charge on any atom is 0.119 e. The van der Waals surface area contributed by atoms with Gasteiger partial charge < -0.3 is 4.74 Å². The van der Waals surface area contributed by atoms with E-state index in [1.54, 1.807) is 0 Å². The van der Waals surface area contributed by atoms with Crippen molar-refractivity contribution in [3.8, 4) is 5.75 Å². The molecule has 0 aliphatic carbocycles. The quantitative estimate of drug-likeness (QED) is 0.584. The fourth-order valence-electron chi connectivity index (χ4n) is 0.785. The summed E-state index contributed by atoms with van der Waals surface area (Å²) >= 11 is 9.79. The molecular formula is C9H11ClOS. The fourth-order valence-corrected chi connectivity index (χ4v) is 1.04. The van der Waals surface area contributed by atoms with E-state index in [1.165, 1.54) is 0 Å². The molecular weight excluding hydrogens is 192 g/mol. The Morgan fingerprint density at radius 3 is 2.50 bits per heavy atom. The van der Waals surface area contributed by atoms with E-state index in [0.29, 0.717) is 6.61 Å². The van der Waals surface area contributed by atoms with Crippen molar-refractivity contribution in [1.82, 2.24) is 0 Å². The van der Waals surface area contributed by atoms with Crippen molar-refractivity contribution < 1.29 is 4.74 Å². The molecule has 1 aromatic carbocycles. The van der Waals surface area contributed by atoms with Gasteiger partial charge in [0.1, 0.15) is 5.75 Å². The molecule has 0 N–H and O–H groups in total. The van der Waals surface area contributed by atoms with Crippen LogP contribution in [0, 0.1) is 0 Å². The Bertz CT molecular complexity index is 222. The lowest BCUT2D eigenvalue weighted by Crippen LogP contribution is -1.97. The van der Waals surface area contributed by atoms with Crippen LogP contribution in [0.5, 0.6) is 5.75 Å². The van der Waals surface area contributed by atoms with Gasteiger partial charge in [-0.25, -0.2) is 0 Å². The highest BCUT2D eigenvalue weighted by atomic mass is 35.5. The summed E-state index contributed by atoms with van der Waals surface area (Å²) in [7, 11) is 0. The molecule has 0 aromatic heterocycles. The summed E-state index contributed by atoms with van der Waals surface area (Å²) in [5, 5.41) is 0.733. The van der Waals surface area contributed by atoms with Crippen LogP contribution in [0.3, 0.4) is 0 Å². The highest BCUT2D eigenvalue weighted by Crippen LogP contribution is 2.15. The molecule has 0 heterocycles.